The van der Waals surface area contributed by atoms with Crippen molar-refractivity contribution in [2.45, 2.75) is 12.3 Å². The Balaban J connectivity index is 3.19. The largest absolute Gasteiger partial charge is 0.293 e. The van der Waals surface area contributed by atoms with Crippen molar-refractivity contribution in [3.05, 3.63) is 33.8 Å². The van der Waals surface area contributed by atoms with E-state index in [4.69, 9.17) is 23.2 Å². The van der Waals surface area contributed by atoms with Gasteiger partial charge in [0.05, 0.1) is 5.38 Å². The molecule has 80 valence electrons. The van der Waals surface area contributed by atoms with E-state index >= 15 is 0 Å². The number of carbonyl (C=O) groups is 2. The van der Waals surface area contributed by atoms with Crippen LogP contribution in [0.4, 0.5) is 0 Å². The summed E-state index contributed by atoms with van der Waals surface area (Å²) in [7, 11) is 0. The summed E-state index contributed by atoms with van der Waals surface area (Å²) >= 11 is 14.2. The highest BCUT2D eigenvalue weighted by molar-refractivity contribution is 9.10. The molecule has 0 N–H and O–H groups in total. The van der Waals surface area contributed by atoms with Crippen LogP contribution in [0.3, 0.4) is 0 Å². The van der Waals surface area contributed by atoms with E-state index in [-0.39, 0.29) is 11.3 Å². The van der Waals surface area contributed by atoms with Crippen LogP contribution in [0.2, 0.25) is 0 Å². The van der Waals surface area contributed by atoms with Crippen molar-refractivity contribution >= 4 is 50.2 Å². The lowest BCUT2D eigenvalue weighted by Gasteiger charge is -2.05. The summed E-state index contributed by atoms with van der Waals surface area (Å²) < 4.78 is 0.557. The fourth-order valence-electron chi connectivity index (χ4n) is 1.06. The first-order valence-electron chi connectivity index (χ1n) is 4.11. The van der Waals surface area contributed by atoms with Crippen LogP contribution in [0.15, 0.2) is 22.7 Å². The molecule has 0 aromatic heterocycles. The average molecular weight is 310 g/mol. The number of Topliss-reactive ketones (excluding diaryl/α,β-unsaturated/α-hetero) is 1. The Hall–Kier alpha value is -0.380. The molecule has 0 fully saturated rings. The SMILES string of the molecule is CC(Cl)C(=O)c1ccc(Br)c(C(=O)Cl)c1. The number of hydrogen-bond donors (Lipinski definition) is 0. The van der Waals surface area contributed by atoms with Crippen molar-refractivity contribution in [2.24, 2.45) is 0 Å². The van der Waals surface area contributed by atoms with E-state index in [1.807, 2.05) is 0 Å². The molecule has 0 saturated heterocycles. The molecule has 1 unspecified atom stereocenters. The maximum absolute atomic E-state index is 11.5. The third-order valence-electron chi connectivity index (χ3n) is 1.82. The average Bonchev–Trinajstić information content (AvgIpc) is 2.16. The van der Waals surface area contributed by atoms with Crippen LogP contribution in [0.5, 0.6) is 0 Å². The lowest BCUT2D eigenvalue weighted by atomic mass is 10.1. The van der Waals surface area contributed by atoms with Crippen molar-refractivity contribution in [3.63, 3.8) is 0 Å². The quantitative estimate of drug-likeness (QED) is 0.485. The molecule has 1 atom stereocenters. The summed E-state index contributed by atoms with van der Waals surface area (Å²) in [6.45, 7) is 1.58. The Kier molecular flexibility index (Phi) is 4.32. The second-order valence-electron chi connectivity index (χ2n) is 2.95. The maximum atomic E-state index is 11.5. The molecule has 0 amide bonds. The van der Waals surface area contributed by atoms with Crippen LogP contribution < -0.4 is 0 Å². The van der Waals surface area contributed by atoms with Crippen LogP contribution >= 0.6 is 39.1 Å². The minimum Gasteiger partial charge on any atom is -0.293 e. The van der Waals surface area contributed by atoms with Gasteiger partial charge in [-0.2, -0.15) is 0 Å². The Bertz CT molecular complexity index is 416. The fourth-order valence-corrected chi connectivity index (χ4v) is 1.88. The molecule has 0 bridgehead atoms. The molecule has 0 aliphatic rings. The number of rotatable bonds is 3. The van der Waals surface area contributed by atoms with Gasteiger partial charge in [0, 0.05) is 15.6 Å². The molecular formula is C10H7BrCl2O2. The van der Waals surface area contributed by atoms with Crippen LogP contribution in [0.1, 0.15) is 27.6 Å². The number of halogens is 3. The third kappa shape index (κ3) is 3.03. The normalized spacial score (nSPS) is 12.3. The maximum Gasteiger partial charge on any atom is 0.253 e. The zero-order valence-electron chi connectivity index (χ0n) is 7.76. The van der Waals surface area contributed by atoms with E-state index in [1.165, 1.54) is 6.07 Å². The van der Waals surface area contributed by atoms with Crippen molar-refractivity contribution < 1.29 is 9.59 Å². The molecule has 0 aliphatic carbocycles. The van der Waals surface area contributed by atoms with E-state index in [2.05, 4.69) is 15.9 Å². The molecule has 1 aromatic rings. The molecule has 0 radical (unpaired) electrons. The van der Waals surface area contributed by atoms with Crippen molar-refractivity contribution in [2.75, 3.05) is 0 Å². The van der Waals surface area contributed by atoms with Gasteiger partial charge in [-0.05, 0) is 46.6 Å². The van der Waals surface area contributed by atoms with Crippen LogP contribution in [-0.2, 0) is 0 Å². The second-order valence-corrected chi connectivity index (χ2v) is 4.80. The molecule has 0 saturated carbocycles. The van der Waals surface area contributed by atoms with Gasteiger partial charge in [-0.25, -0.2) is 0 Å². The first-order chi connectivity index (χ1) is 6.93. The number of hydrogen-bond acceptors (Lipinski definition) is 2. The van der Waals surface area contributed by atoms with Crippen LogP contribution in [-0.4, -0.2) is 16.4 Å². The zero-order valence-corrected chi connectivity index (χ0v) is 10.9. The van der Waals surface area contributed by atoms with E-state index in [1.54, 1.807) is 19.1 Å². The zero-order chi connectivity index (χ0) is 11.6. The van der Waals surface area contributed by atoms with Gasteiger partial charge in [0.2, 0.25) is 0 Å². The molecule has 0 heterocycles. The topological polar surface area (TPSA) is 34.1 Å². The van der Waals surface area contributed by atoms with Gasteiger partial charge in [0.15, 0.2) is 5.78 Å². The predicted octanol–water partition coefficient (Wildman–Crippen LogP) is 3.64. The van der Waals surface area contributed by atoms with Gasteiger partial charge in [0.25, 0.3) is 5.24 Å². The Morgan fingerprint density at radius 2 is 2.00 bits per heavy atom. The van der Waals surface area contributed by atoms with E-state index in [0.29, 0.717) is 10.0 Å². The van der Waals surface area contributed by atoms with E-state index < -0.39 is 10.6 Å². The van der Waals surface area contributed by atoms with Gasteiger partial charge in [-0.15, -0.1) is 11.6 Å². The van der Waals surface area contributed by atoms with Gasteiger partial charge >= 0.3 is 0 Å². The molecular weight excluding hydrogens is 303 g/mol. The molecule has 1 rings (SSSR count). The second kappa shape index (κ2) is 5.10. The molecule has 0 aliphatic heterocycles. The number of benzene rings is 1. The Morgan fingerprint density at radius 3 is 2.47 bits per heavy atom. The van der Waals surface area contributed by atoms with Crippen molar-refractivity contribution in [1.82, 2.24) is 0 Å². The smallest absolute Gasteiger partial charge is 0.253 e. The summed E-state index contributed by atoms with van der Waals surface area (Å²) in [6, 6.07) is 4.62. The van der Waals surface area contributed by atoms with Gasteiger partial charge in [-0.3, -0.25) is 9.59 Å². The van der Waals surface area contributed by atoms with Gasteiger partial charge in [-0.1, -0.05) is 6.07 Å². The molecule has 15 heavy (non-hydrogen) atoms. The highest BCUT2D eigenvalue weighted by atomic mass is 79.9. The Morgan fingerprint density at radius 1 is 1.40 bits per heavy atom. The molecule has 0 spiro atoms. The highest BCUT2D eigenvalue weighted by Crippen LogP contribution is 2.21. The number of carbonyl (C=O) groups excluding carboxylic acids is 2. The predicted molar refractivity (Wildman–Crippen MR) is 64.0 cm³/mol. The standard InChI is InChI=1S/C10H7BrCl2O2/c1-5(12)9(14)6-2-3-8(11)7(4-6)10(13)15/h2-5H,1H3. The highest BCUT2D eigenvalue weighted by Gasteiger charge is 2.15. The summed E-state index contributed by atoms with van der Waals surface area (Å²) in [5, 5.41) is -1.23. The van der Waals surface area contributed by atoms with Gasteiger partial charge < -0.3 is 0 Å². The first-order valence-corrected chi connectivity index (χ1v) is 5.72. The number of alkyl halides is 1. The Labute approximate surface area is 106 Å². The van der Waals surface area contributed by atoms with E-state index in [9.17, 15) is 9.59 Å². The summed E-state index contributed by atoms with van der Waals surface area (Å²) in [6.07, 6.45) is 0. The van der Waals surface area contributed by atoms with Gasteiger partial charge in [0.1, 0.15) is 0 Å². The molecule has 1 aromatic carbocycles. The lowest BCUT2D eigenvalue weighted by molar-refractivity contribution is 0.0991. The summed E-state index contributed by atoms with van der Waals surface area (Å²) in [4.78, 5) is 22.5. The minimum absolute atomic E-state index is 0.233. The number of ketones is 1. The fraction of sp³-hybridized carbons (Fsp3) is 0.200. The van der Waals surface area contributed by atoms with Crippen molar-refractivity contribution in [1.29, 1.82) is 0 Å². The van der Waals surface area contributed by atoms with Crippen LogP contribution in [0, 0.1) is 0 Å². The first kappa shape index (κ1) is 12.7. The lowest BCUT2D eigenvalue weighted by Crippen LogP contribution is -2.11. The third-order valence-corrected chi connectivity index (χ3v) is 2.92. The van der Waals surface area contributed by atoms with E-state index in [0.717, 1.165) is 0 Å². The van der Waals surface area contributed by atoms with Crippen LogP contribution in [0.25, 0.3) is 0 Å². The summed E-state index contributed by atoms with van der Waals surface area (Å²) in [5.41, 5.74) is 0.643. The molecule has 2 nitrogen and oxygen atoms in total. The van der Waals surface area contributed by atoms with Crippen molar-refractivity contribution in [3.8, 4) is 0 Å². The monoisotopic (exact) mass is 308 g/mol. The molecule has 5 heteroatoms. The minimum atomic E-state index is -0.621. The summed E-state index contributed by atoms with van der Waals surface area (Å²) in [5.74, 6) is -0.233.